The first-order valence-corrected chi connectivity index (χ1v) is 5.68. The third-order valence-corrected chi connectivity index (χ3v) is 3.13. The van der Waals surface area contributed by atoms with Gasteiger partial charge in [0.25, 0.3) is 0 Å². The number of rotatable bonds is 1. The average molecular weight is 224 g/mol. The quantitative estimate of drug-likeness (QED) is 0.580. The Kier molecular flexibility index (Phi) is 2.22. The predicted molar refractivity (Wildman–Crippen MR) is 67.6 cm³/mol. The van der Waals surface area contributed by atoms with E-state index in [1.165, 1.54) is 16.8 Å². The van der Waals surface area contributed by atoms with Crippen LogP contribution in [-0.2, 0) is 7.05 Å². The molecule has 3 rings (SSSR count). The molecule has 0 saturated carbocycles. The van der Waals surface area contributed by atoms with Gasteiger partial charge in [0.1, 0.15) is 12.6 Å². The second kappa shape index (κ2) is 3.74. The van der Waals surface area contributed by atoms with Crippen LogP contribution in [0.2, 0.25) is 0 Å². The lowest BCUT2D eigenvalue weighted by Gasteiger charge is -2.03. The summed E-state index contributed by atoms with van der Waals surface area (Å²) in [6, 6.07) is 12.5. The second-order valence-electron chi connectivity index (χ2n) is 4.32. The summed E-state index contributed by atoms with van der Waals surface area (Å²) >= 11 is 0. The molecule has 2 heterocycles. The minimum absolute atomic E-state index is 0.932. The molecule has 84 valence electrons. The zero-order chi connectivity index (χ0) is 11.8. The van der Waals surface area contributed by atoms with Gasteiger partial charge in [0.05, 0.1) is 17.7 Å². The zero-order valence-electron chi connectivity index (χ0n) is 9.97. The van der Waals surface area contributed by atoms with Gasteiger partial charge in [-0.2, -0.15) is 0 Å². The first-order valence-electron chi connectivity index (χ1n) is 5.68. The Morgan fingerprint density at radius 3 is 2.76 bits per heavy atom. The van der Waals surface area contributed by atoms with E-state index in [0.29, 0.717) is 0 Å². The monoisotopic (exact) mass is 224 g/mol. The number of hydrogen-bond acceptors (Lipinski definition) is 1. The van der Waals surface area contributed by atoms with E-state index in [1.807, 2.05) is 6.07 Å². The molecule has 0 amide bonds. The van der Waals surface area contributed by atoms with Crippen molar-refractivity contribution < 1.29 is 8.98 Å². The smallest absolute Gasteiger partial charge is 0.216 e. The molecule has 1 aromatic carbocycles. The van der Waals surface area contributed by atoms with Crippen LogP contribution < -0.4 is 4.57 Å². The molecule has 0 saturated heterocycles. The minimum atomic E-state index is 0.932. The lowest BCUT2D eigenvalue weighted by Crippen LogP contribution is -2.30. The SMILES string of the molecule is Cc1ccccc1-c1cc2occc2c[n+]1C. The van der Waals surface area contributed by atoms with Crippen molar-refractivity contribution in [3.05, 3.63) is 54.4 Å². The first-order chi connectivity index (χ1) is 8.25. The molecule has 3 aromatic rings. The maximum Gasteiger partial charge on any atom is 0.216 e. The summed E-state index contributed by atoms with van der Waals surface area (Å²) in [5, 5.41) is 1.13. The topological polar surface area (TPSA) is 17.0 Å². The molecule has 0 N–H and O–H groups in total. The Hall–Kier alpha value is -2.09. The van der Waals surface area contributed by atoms with E-state index >= 15 is 0 Å². The Balaban J connectivity index is 2.30. The third kappa shape index (κ3) is 1.62. The molecule has 2 aromatic heterocycles. The molecule has 2 heteroatoms. The second-order valence-corrected chi connectivity index (χ2v) is 4.32. The lowest BCUT2D eigenvalue weighted by molar-refractivity contribution is -0.659. The molecule has 17 heavy (non-hydrogen) atoms. The van der Waals surface area contributed by atoms with Crippen LogP contribution in [0, 0.1) is 6.92 Å². The van der Waals surface area contributed by atoms with Crippen LogP contribution in [0.3, 0.4) is 0 Å². The van der Waals surface area contributed by atoms with Gasteiger partial charge in [-0.1, -0.05) is 18.2 Å². The highest BCUT2D eigenvalue weighted by atomic mass is 16.3. The van der Waals surface area contributed by atoms with Crippen LogP contribution in [0.4, 0.5) is 0 Å². The number of aryl methyl sites for hydroxylation is 2. The van der Waals surface area contributed by atoms with Gasteiger partial charge in [0.2, 0.25) is 5.69 Å². The van der Waals surface area contributed by atoms with E-state index in [-0.39, 0.29) is 0 Å². The van der Waals surface area contributed by atoms with Gasteiger partial charge < -0.3 is 4.42 Å². The van der Waals surface area contributed by atoms with Crippen molar-refractivity contribution >= 4 is 11.0 Å². The van der Waals surface area contributed by atoms with Crippen molar-refractivity contribution in [3.8, 4) is 11.3 Å². The summed E-state index contributed by atoms with van der Waals surface area (Å²) in [6.45, 7) is 2.13. The van der Waals surface area contributed by atoms with Gasteiger partial charge in [-0.15, -0.1) is 0 Å². The molecular weight excluding hydrogens is 210 g/mol. The largest absolute Gasteiger partial charge is 0.464 e. The summed E-state index contributed by atoms with van der Waals surface area (Å²) in [5.41, 5.74) is 4.62. The fourth-order valence-corrected chi connectivity index (χ4v) is 2.19. The van der Waals surface area contributed by atoms with E-state index in [1.54, 1.807) is 6.26 Å². The normalized spacial score (nSPS) is 10.9. The van der Waals surface area contributed by atoms with Crippen LogP contribution in [-0.4, -0.2) is 0 Å². The molecule has 0 aliphatic carbocycles. The molecule has 0 unspecified atom stereocenters. The Morgan fingerprint density at radius 2 is 1.94 bits per heavy atom. The molecule has 0 spiro atoms. The van der Waals surface area contributed by atoms with Gasteiger partial charge in [-0.3, -0.25) is 0 Å². The van der Waals surface area contributed by atoms with Crippen molar-refractivity contribution in [1.29, 1.82) is 0 Å². The number of hydrogen-bond donors (Lipinski definition) is 0. The van der Waals surface area contributed by atoms with Crippen LogP contribution in [0.1, 0.15) is 5.56 Å². The number of furan rings is 1. The highest BCUT2D eigenvalue weighted by Gasteiger charge is 2.14. The number of nitrogens with zero attached hydrogens (tertiary/aromatic N) is 1. The van der Waals surface area contributed by atoms with Crippen molar-refractivity contribution in [2.75, 3.05) is 0 Å². The van der Waals surface area contributed by atoms with Crippen LogP contribution in [0.25, 0.3) is 22.2 Å². The van der Waals surface area contributed by atoms with E-state index in [0.717, 1.165) is 11.0 Å². The summed E-state index contributed by atoms with van der Waals surface area (Å²) in [7, 11) is 2.06. The van der Waals surface area contributed by atoms with Crippen LogP contribution in [0.15, 0.2) is 53.3 Å². The van der Waals surface area contributed by atoms with Crippen molar-refractivity contribution in [2.45, 2.75) is 6.92 Å². The summed E-state index contributed by atoms with van der Waals surface area (Å²) in [5.74, 6) is 0. The third-order valence-electron chi connectivity index (χ3n) is 3.13. The van der Waals surface area contributed by atoms with E-state index in [2.05, 4.69) is 55.1 Å². The summed E-state index contributed by atoms with van der Waals surface area (Å²) in [6.07, 6.45) is 3.83. The first kappa shape index (κ1) is 10.1. The summed E-state index contributed by atoms with van der Waals surface area (Å²) < 4.78 is 7.60. The molecule has 0 atom stereocenters. The molecule has 2 nitrogen and oxygen atoms in total. The molecule has 0 radical (unpaired) electrons. The fraction of sp³-hybridized carbons (Fsp3) is 0.133. The number of fused-ring (bicyclic) bond motifs is 1. The van der Waals surface area contributed by atoms with Gasteiger partial charge >= 0.3 is 0 Å². The van der Waals surface area contributed by atoms with Crippen molar-refractivity contribution in [1.82, 2.24) is 0 Å². The zero-order valence-corrected chi connectivity index (χ0v) is 9.97. The maximum absolute atomic E-state index is 5.46. The Labute approximate surface area is 100 Å². The van der Waals surface area contributed by atoms with Crippen LogP contribution in [0.5, 0.6) is 0 Å². The van der Waals surface area contributed by atoms with Gasteiger partial charge in [-0.05, 0) is 24.6 Å². The lowest BCUT2D eigenvalue weighted by atomic mass is 10.0. The van der Waals surface area contributed by atoms with Crippen molar-refractivity contribution in [3.63, 3.8) is 0 Å². The number of benzene rings is 1. The Morgan fingerprint density at radius 1 is 1.12 bits per heavy atom. The van der Waals surface area contributed by atoms with Gasteiger partial charge in [0.15, 0.2) is 6.20 Å². The van der Waals surface area contributed by atoms with Gasteiger partial charge in [-0.25, -0.2) is 4.57 Å². The van der Waals surface area contributed by atoms with Crippen LogP contribution >= 0.6 is 0 Å². The number of pyridine rings is 1. The summed E-state index contributed by atoms with van der Waals surface area (Å²) in [4.78, 5) is 0. The molecule has 0 aliphatic heterocycles. The highest BCUT2D eigenvalue weighted by molar-refractivity contribution is 5.79. The molecule has 0 fully saturated rings. The number of aromatic nitrogens is 1. The van der Waals surface area contributed by atoms with E-state index in [9.17, 15) is 0 Å². The average Bonchev–Trinajstić information content (AvgIpc) is 2.76. The van der Waals surface area contributed by atoms with Crippen molar-refractivity contribution in [2.24, 2.45) is 7.05 Å². The predicted octanol–water partition coefficient (Wildman–Crippen LogP) is 3.23. The Bertz CT molecular complexity index is 682. The highest BCUT2D eigenvalue weighted by Crippen LogP contribution is 2.23. The van der Waals surface area contributed by atoms with E-state index in [4.69, 9.17) is 4.42 Å². The molecule has 0 bridgehead atoms. The van der Waals surface area contributed by atoms with Gasteiger partial charge in [0, 0.05) is 5.56 Å². The molecule has 0 aliphatic rings. The fourth-order valence-electron chi connectivity index (χ4n) is 2.19. The standard InChI is InChI=1S/C15H14NO/c1-11-5-3-4-6-13(11)14-9-15-12(7-8-17-15)10-16(14)2/h3-10H,1-2H3/q+1. The molecular formula is C15H14NO+. The van der Waals surface area contributed by atoms with E-state index < -0.39 is 0 Å². The minimum Gasteiger partial charge on any atom is -0.464 e. The maximum atomic E-state index is 5.46.